The van der Waals surface area contributed by atoms with Gasteiger partial charge in [-0.3, -0.25) is 4.68 Å². The average Bonchev–Trinajstić information content (AvgIpc) is 3.09. The van der Waals surface area contributed by atoms with Gasteiger partial charge in [-0.05, 0) is 44.7 Å². The van der Waals surface area contributed by atoms with Gasteiger partial charge in [0.2, 0.25) is 0 Å². The van der Waals surface area contributed by atoms with E-state index in [1.807, 2.05) is 13.8 Å². The highest BCUT2D eigenvalue weighted by Gasteiger charge is 2.39. The lowest BCUT2D eigenvalue weighted by atomic mass is 9.98. The maximum atomic E-state index is 13.2. The molecule has 1 saturated heterocycles. The largest absolute Gasteiger partial charge is 0.261 e. The van der Waals surface area contributed by atoms with E-state index >= 15 is 0 Å². The molecule has 1 aromatic heterocycles. The summed E-state index contributed by atoms with van der Waals surface area (Å²) in [6, 6.07) is 6.17. The molecule has 0 N–H and O–H groups in total. The third-order valence-electron chi connectivity index (χ3n) is 4.61. The molecule has 2 aromatic rings. The van der Waals surface area contributed by atoms with Crippen molar-refractivity contribution in [2.75, 3.05) is 6.54 Å². The van der Waals surface area contributed by atoms with E-state index < -0.39 is 10.0 Å². The fourth-order valence-electron chi connectivity index (χ4n) is 3.48. The van der Waals surface area contributed by atoms with Crippen molar-refractivity contribution in [2.45, 2.75) is 44.7 Å². The van der Waals surface area contributed by atoms with Gasteiger partial charge in [-0.2, -0.15) is 9.40 Å². The summed E-state index contributed by atoms with van der Waals surface area (Å²) >= 11 is 0. The summed E-state index contributed by atoms with van der Waals surface area (Å²) in [6.45, 7) is 6.45. The molecule has 0 bridgehead atoms. The molecule has 1 aromatic carbocycles. The fraction of sp³-hybridized carbons (Fsp3) is 0.471. The zero-order chi connectivity index (χ0) is 16.8. The molecule has 3 rings (SSSR count). The number of aryl methyl sites for hydroxylation is 4. The Labute approximate surface area is 138 Å². The molecule has 124 valence electrons. The minimum atomic E-state index is -3.55. The van der Waals surface area contributed by atoms with Crippen LogP contribution >= 0.6 is 0 Å². The number of rotatable bonds is 3. The average molecular weight is 333 g/mol. The van der Waals surface area contributed by atoms with Crippen LogP contribution in [0.25, 0.3) is 0 Å². The van der Waals surface area contributed by atoms with E-state index in [9.17, 15) is 8.42 Å². The summed E-state index contributed by atoms with van der Waals surface area (Å²) in [5.74, 6) is 0. The van der Waals surface area contributed by atoms with E-state index in [1.54, 1.807) is 24.5 Å². The van der Waals surface area contributed by atoms with Gasteiger partial charge in [0, 0.05) is 19.2 Å². The van der Waals surface area contributed by atoms with Crippen molar-refractivity contribution in [2.24, 2.45) is 7.05 Å². The van der Waals surface area contributed by atoms with Crippen LogP contribution in [0.2, 0.25) is 0 Å². The topological polar surface area (TPSA) is 55.2 Å². The molecule has 1 unspecified atom stereocenters. The predicted molar refractivity (Wildman–Crippen MR) is 89.7 cm³/mol. The van der Waals surface area contributed by atoms with Crippen molar-refractivity contribution in [1.29, 1.82) is 0 Å². The zero-order valence-corrected chi connectivity index (χ0v) is 14.9. The number of hydrogen-bond acceptors (Lipinski definition) is 3. The summed E-state index contributed by atoms with van der Waals surface area (Å²) in [6.07, 6.45) is 3.35. The first-order valence-electron chi connectivity index (χ1n) is 7.90. The molecule has 23 heavy (non-hydrogen) atoms. The summed E-state index contributed by atoms with van der Waals surface area (Å²) in [4.78, 5) is 0. The molecule has 1 fully saturated rings. The van der Waals surface area contributed by atoms with E-state index in [1.165, 1.54) is 4.68 Å². The minimum Gasteiger partial charge on any atom is -0.256 e. The highest BCUT2D eigenvalue weighted by Crippen LogP contribution is 2.38. The Balaban J connectivity index is 2.07. The minimum absolute atomic E-state index is 0.0887. The van der Waals surface area contributed by atoms with Crippen LogP contribution in [0.1, 0.15) is 41.1 Å². The van der Waals surface area contributed by atoms with Gasteiger partial charge in [0.15, 0.2) is 5.03 Å². The van der Waals surface area contributed by atoms with Gasteiger partial charge in [0.25, 0.3) is 10.0 Å². The second-order valence-electron chi connectivity index (χ2n) is 6.39. The van der Waals surface area contributed by atoms with Crippen LogP contribution in [-0.4, -0.2) is 29.0 Å². The first-order valence-corrected chi connectivity index (χ1v) is 9.34. The van der Waals surface area contributed by atoms with Crippen molar-refractivity contribution < 1.29 is 8.42 Å². The van der Waals surface area contributed by atoms with E-state index in [0.29, 0.717) is 17.1 Å². The summed E-state index contributed by atoms with van der Waals surface area (Å²) < 4.78 is 29.5. The smallest absolute Gasteiger partial charge is 0.256 e. The normalized spacial score (nSPS) is 19.4. The lowest BCUT2D eigenvalue weighted by Crippen LogP contribution is -2.32. The molecular formula is C17H23N3O2S. The highest BCUT2D eigenvalue weighted by atomic mass is 32.2. The maximum absolute atomic E-state index is 13.2. The van der Waals surface area contributed by atoms with E-state index in [4.69, 9.17) is 0 Å². The van der Waals surface area contributed by atoms with Crippen LogP contribution in [0.5, 0.6) is 0 Å². The maximum Gasteiger partial charge on any atom is 0.261 e. The van der Waals surface area contributed by atoms with Gasteiger partial charge in [-0.1, -0.05) is 23.8 Å². The van der Waals surface area contributed by atoms with E-state index in [2.05, 4.69) is 23.3 Å². The Hall–Kier alpha value is -1.66. The molecule has 1 aliphatic heterocycles. The monoisotopic (exact) mass is 333 g/mol. The molecule has 1 atom stereocenters. The Bertz CT molecular complexity index is 820. The summed E-state index contributed by atoms with van der Waals surface area (Å²) in [5, 5.41) is 4.39. The molecular weight excluding hydrogens is 310 g/mol. The van der Waals surface area contributed by atoms with Crippen LogP contribution in [-0.2, 0) is 17.1 Å². The Morgan fingerprint density at radius 1 is 1.17 bits per heavy atom. The second-order valence-corrected chi connectivity index (χ2v) is 8.20. The zero-order valence-electron chi connectivity index (χ0n) is 14.1. The number of benzene rings is 1. The van der Waals surface area contributed by atoms with Gasteiger partial charge in [-0.15, -0.1) is 0 Å². The van der Waals surface area contributed by atoms with Crippen molar-refractivity contribution in [3.63, 3.8) is 0 Å². The molecule has 2 heterocycles. The first kappa shape index (κ1) is 16.2. The molecule has 0 radical (unpaired) electrons. The number of aromatic nitrogens is 2. The highest BCUT2D eigenvalue weighted by molar-refractivity contribution is 7.89. The number of hydrogen-bond donors (Lipinski definition) is 0. The molecule has 0 amide bonds. The van der Waals surface area contributed by atoms with Crippen molar-refractivity contribution in [3.8, 4) is 0 Å². The third-order valence-corrected chi connectivity index (χ3v) is 6.74. The standard InChI is InChI=1S/C17H23N3O2S/c1-12-7-8-13(2)15(10-12)16-6-5-9-20(16)23(21,22)17-14(3)11-18-19(17)4/h7-8,10-11,16H,5-6,9H2,1-4H3. The molecule has 1 aliphatic rings. The lowest BCUT2D eigenvalue weighted by Gasteiger charge is -2.26. The van der Waals surface area contributed by atoms with Crippen LogP contribution in [0.15, 0.2) is 29.4 Å². The quantitative estimate of drug-likeness (QED) is 0.868. The Morgan fingerprint density at radius 2 is 1.91 bits per heavy atom. The van der Waals surface area contributed by atoms with Crippen LogP contribution in [0.4, 0.5) is 0 Å². The van der Waals surface area contributed by atoms with Crippen molar-refractivity contribution in [3.05, 3.63) is 46.6 Å². The molecule has 0 aliphatic carbocycles. The molecule has 5 nitrogen and oxygen atoms in total. The van der Waals surface area contributed by atoms with Crippen molar-refractivity contribution in [1.82, 2.24) is 14.1 Å². The Morgan fingerprint density at radius 3 is 2.57 bits per heavy atom. The van der Waals surface area contributed by atoms with Gasteiger partial charge < -0.3 is 0 Å². The van der Waals surface area contributed by atoms with E-state index in [-0.39, 0.29) is 6.04 Å². The van der Waals surface area contributed by atoms with Gasteiger partial charge in [0.05, 0.1) is 12.2 Å². The number of nitrogens with zero attached hydrogens (tertiary/aromatic N) is 3. The molecule has 0 spiro atoms. The summed E-state index contributed by atoms with van der Waals surface area (Å²) in [7, 11) is -1.87. The van der Waals surface area contributed by atoms with Gasteiger partial charge in [-0.25, -0.2) is 8.42 Å². The van der Waals surface area contributed by atoms with Gasteiger partial charge in [0.1, 0.15) is 0 Å². The Kier molecular flexibility index (Phi) is 4.06. The number of sulfonamides is 1. The van der Waals surface area contributed by atoms with Crippen LogP contribution in [0, 0.1) is 20.8 Å². The predicted octanol–water partition coefficient (Wildman–Crippen LogP) is 2.87. The third kappa shape index (κ3) is 2.70. The van der Waals surface area contributed by atoms with E-state index in [0.717, 1.165) is 29.5 Å². The van der Waals surface area contributed by atoms with Crippen molar-refractivity contribution >= 4 is 10.0 Å². The molecule has 6 heteroatoms. The van der Waals surface area contributed by atoms with Crippen LogP contribution < -0.4 is 0 Å². The lowest BCUT2D eigenvalue weighted by molar-refractivity contribution is 0.390. The second kappa shape index (κ2) is 5.76. The van der Waals surface area contributed by atoms with Crippen LogP contribution in [0.3, 0.4) is 0 Å². The summed E-state index contributed by atoms with van der Waals surface area (Å²) in [5.41, 5.74) is 4.11. The molecule has 0 saturated carbocycles. The fourth-order valence-corrected chi connectivity index (χ4v) is 5.46. The first-order chi connectivity index (χ1) is 10.8. The van der Waals surface area contributed by atoms with Gasteiger partial charge >= 0.3 is 0 Å². The SMILES string of the molecule is Cc1ccc(C)c(C2CCCN2S(=O)(=O)c2c(C)cnn2C)c1.